The lowest BCUT2D eigenvalue weighted by Crippen LogP contribution is -2.11. The Hall–Kier alpha value is -1.03. The Kier molecular flexibility index (Phi) is 4.00. The molecular weight excluding hydrogens is 346 g/mol. The predicted molar refractivity (Wildman–Crippen MR) is 89.8 cm³/mol. The van der Waals surface area contributed by atoms with E-state index in [-0.39, 0.29) is 9.20 Å². The third kappa shape index (κ3) is 3.10. The van der Waals surface area contributed by atoms with E-state index in [0.29, 0.717) is 10.0 Å². The summed E-state index contributed by atoms with van der Waals surface area (Å²) >= 11 is 7.33. The molecule has 0 saturated carbocycles. The van der Waals surface area contributed by atoms with Crippen molar-refractivity contribution in [2.24, 2.45) is 5.73 Å². The molecule has 3 rings (SSSR count). The molecule has 21 heavy (non-hydrogen) atoms. The maximum Gasteiger partial charge on any atom is 0.273 e. The van der Waals surface area contributed by atoms with Crippen LogP contribution in [-0.4, -0.2) is 18.4 Å². The number of rotatable bonds is 4. The van der Waals surface area contributed by atoms with Gasteiger partial charge in [-0.25, -0.2) is 13.4 Å². The Morgan fingerprint density at radius 3 is 2.71 bits per heavy atom. The maximum absolute atomic E-state index is 12.3. The molecule has 1 aliphatic rings. The van der Waals surface area contributed by atoms with Crippen LogP contribution in [0.25, 0.3) is 0 Å². The van der Waals surface area contributed by atoms with Crippen molar-refractivity contribution in [2.45, 2.75) is 29.9 Å². The summed E-state index contributed by atoms with van der Waals surface area (Å²) in [5.41, 5.74) is 6.53. The van der Waals surface area contributed by atoms with Gasteiger partial charge < -0.3 is 5.73 Å². The highest BCUT2D eigenvalue weighted by molar-refractivity contribution is 7.95. The van der Waals surface area contributed by atoms with Crippen LogP contribution in [0.2, 0.25) is 0 Å². The number of anilines is 1. The molecule has 0 radical (unpaired) electrons. The van der Waals surface area contributed by atoms with E-state index in [1.54, 1.807) is 6.07 Å². The van der Waals surface area contributed by atoms with Gasteiger partial charge in [-0.05, 0) is 37.8 Å². The first-order valence-corrected chi connectivity index (χ1v) is 9.89. The lowest BCUT2D eigenvalue weighted by molar-refractivity contribution is 0.603. The number of aryl methyl sites for hydroxylation is 2. The van der Waals surface area contributed by atoms with Crippen molar-refractivity contribution in [3.63, 3.8) is 0 Å². The minimum atomic E-state index is -3.62. The van der Waals surface area contributed by atoms with Crippen molar-refractivity contribution in [1.29, 1.82) is 0 Å². The average molecular weight is 360 g/mol. The van der Waals surface area contributed by atoms with Crippen LogP contribution in [0.4, 0.5) is 5.13 Å². The third-order valence-electron chi connectivity index (χ3n) is 3.16. The standard InChI is InChI=1S/C12H13N3O2S4/c13-11(18)9-5-6-10(19-9)21(16,17)15-12-14-7-3-1-2-4-8(7)20-12/h5-6H,1-4H2,(H2,13,18)(H,14,15). The predicted octanol–water partition coefficient (Wildman–Crippen LogP) is 2.52. The van der Waals surface area contributed by atoms with Gasteiger partial charge in [0.1, 0.15) is 9.20 Å². The van der Waals surface area contributed by atoms with Gasteiger partial charge in [0.2, 0.25) is 0 Å². The van der Waals surface area contributed by atoms with E-state index >= 15 is 0 Å². The van der Waals surface area contributed by atoms with Crippen molar-refractivity contribution in [2.75, 3.05) is 4.72 Å². The van der Waals surface area contributed by atoms with E-state index in [1.807, 2.05) is 0 Å². The summed E-state index contributed by atoms with van der Waals surface area (Å²) in [5, 5.41) is 0.437. The van der Waals surface area contributed by atoms with Crippen LogP contribution in [0.5, 0.6) is 0 Å². The van der Waals surface area contributed by atoms with Crippen molar-refractivity contribution >= 4 is 55.0 Å². The van der Waals surface area contributed by atoms with Crippen LogP contribution in [0.15, 0.2) is 16.3 Å². The molecule has 0 fully saturated rings. The molecule has 0 atom stereocenters. The molecule has 2 aromatic heterocycles. The van der Waals surface area contributed by atoms with Gasteiger partial charge in [-0.1, -0.05) is 12.2 Å². The number of sulfonamides is 1. The first-order valence-electron chi connectivity index (χ1n) is 6.37. The highest BCUT2D eigenvalue weighted by Crippen LogP contribution is 2.31. The number of fused-ring (bicyclic) bond motifs is 1. The molecule has 0 aliphatic heterocycles. The second-order valence-electron chi connectivity index (χ2n) is 4.68. The molecule has 0 aromatic carbocycles. The molecule has 3 N–H and O–H groups in total. The highest BCUT2D eigenvalue weighted by atomic mass is 32.2. The summed E-state index contributed by atoms with van der Waals surface area (Å²) in [4.78, 5) is 6.36. The summed E-state index contributed by atoms with van der Waals surface area (Å²) < 4.78 is 27.4. The van der Waals surface area contributed by atoms with Crippen LogP contribution in [0.3, 0.4) is 0 Å². The normalized spacial score (nSPS) is 14.7. The summed E-state index contributed by atoms with van der Waals surface area (Å²) in [5.74, 6) is 0. The number of nitrogens with zero attached hydrogens (tertiary/aromatic N) is 1. The second-order valence-corrected chi connectivity index (χ2v) is 9.20. The van der Waals surface area contributed by atoms with E-state index in [4.69, 9.17) is 18.0 Å². The molecule has 2 aromatic rings. The first kappa shape index (κ1) is 14.9. The molecule has 0 unspecified atom stereocenters. The minimum absolute atomic E-state index is 0.193. The lowest BCUT2D eigenvalue weighted by atomic mass is 10.0. The fraction of sp³-hybridized carbons (Fsp3) is 0.333. The van der Waals surface area contributed by atoms with Crippen LogP contribution in [0, 0.1) is 0 Å². The van der Waals surface area contributed by atoms with E-state index in [1.165, 1.54) is 22.3 Å². The van der Waals surface area contributed by atoms with E-state index in [2.05, 4.69) is 9.71 Å². The lowest BCUT2D eigenvalue weighted by Gasteiger charge is -2.06. The van der Waals surface area contributed by atoms with Crippen molar-refractivity contribution < 1.29 is 8.42 Å². The molecule has 0 saturated heterocycles. The summed E-state index contributed by atoms with van der Waals surface area (Å²) in [6.07, 6.45) is 4.17. The number of hydrogen-bond acceptors (Lipinski definition) is 6. The fourth-order valence-corrected chi connectivity index (χ4v) is 5.79. The Morgan fingerprint density at radius 2 is 2.05 bits per heavy atom. The first-order chi connectivity index (χ1) is 9.95. The van der Waals surface area contributed by atoms with Crippen molar-refractivity contribution in [1.82, 2.24) is 4.98 Å². The van der Waals surface area contributed by atoms with E-state index < -0.39 is 10.0 Å². The number of thiazole rings is 1. The summed E-state index contributed by atoms with van der Waals surface area (Å²) in [6, 6.07) is 3.13. The van der Waals surface area contributed by atoms with Crippen LogP contribution in [0.1, 0.15) is 28.3 Å². The zero-order valence-corrected chi connectivity index (χ0v) is 14.2. The molecule has 2 heterocycles. The Balaban J connectivity index is 1.85. The number of nitrogens with two attached hydrogens (primary N) is 1. The largest absolute Gasteiger partial charge is 0.389 e. The van der Waals surface area contributed by atoms with E-state index in [9.17, 15) is 8.42 Å². The van der Waals surface area contributed by atoms with Gasteiger partial charge in [-0.15, -0.1) is 22.7 Å². The number of thiophene rings is 1. The van der Waals surface area contributed by atoms with Crippen molar-refractivity contribution in [3.8, 4) is 0 Å². The monoisotopic (exact) mass is 359 g/mol. The zero-order valence-electron chi connectivity index (χ0n) is 11.0. The quantitative estimate of drug-likeness (QED) is 0.820. The van der Waals surface area contributed by atoms with E-state index in [0.717, 1.165) is 42.7 Å². The topological polar surface area (TPSA) is 85.1 Å². The molecule has 112 valence electrons. The van der Waals surface area contributed by atoms with Gasteiger partial charge in [0, 0.05) is 4.88 Å². The molecule has 5 nitrogen and oxygen atoms in total. The highest BCUT2D eigenvalue weighted by Gasteiger charge is 2.21. The summed E-state index contributed by atoms with van der Waals surface area (Å²) in [6.45, 7) is 0. The van der Waals surface area contributed by atoms with Gasteiger partial charge in [-0.3, -0.25) is 4.72 Å². The number of thiocarbonyl (C=S) groups is 1. The molecule has 0 bridgehead atoms. The molecule has 1 aliphatic carbocycles. The van der Waals surface area contributed by atoms with Gasteiger partial charge in [0.15, 0.2) is 5.13 Å². The molecular formula is C12H13N3O2S4. The fourth-order valence-electron chi connectivity index (χ4n) is 2.16. The Bertz CT molecular complexity index is 768. The Morgan fingerprint density at radius 1 is 1.29 bits per heavy atom. The van der Waals surface area contributed by atoms with Crippen molar-refractivity contribution in [3.05, 3.63) is 27.6 Å². The molecule has 9 heteroatoms. The van der Waals surface area contributed by atoms with Gasteiger partial charge in [-0.2, -0.15) is 0 Å². The molecule has 0 spiro atoms. The zero-order chi connectivity index (χ0) is 15.0. The number of nitrogens with one attached hydrogen (secondary N) is 1. The molecule has 0 amide bonds. The Labute approximate surface area is 136 Å². The second kappa shape index (κ2) is 5.64. The SMILES string of the molecule is NC(=S)c1ccc(S(=O)(=O)Nc2nc3c(s2)CCCC3)s1. The average Bonchev–Trinajstić information content (AvgIpc) is 3.04. The minimum Gasteiger partial charge on any atom is -0.389 e. The van der Waals surface area contributed by atoms with Gasteiger partial charge >= 0.3 is 0 Å². The third-order valence-corrected chi connectivity index (χ3v) is 7.66. The van der Waals surface area contributed by atoms with Gasteiger partial charge in [0.05, 0.1) is 10.6 Å². The van der Waals surface area contributed by atoms with Crippen LogP contribution < -0.4 is 10.5 Å². The van der Waals surface area contributed by atoms with Crippen LogP contribution >= 0.6 is 34.9 Å². The van der Waals surface area contributed by atoms with Crippen LogP contribution in [-0.2, 0) is 22.9 Å². The van der Waals surface area contributed by atoms with Gasteiger partial charge in [0.25, 0.3) is 10.0 Å². The maximum atomic E-state index is 12.3. The summed E-state index contributed by atoms with van der Waals surface area (Å²) in [7, 11) is -3.62. The number of hydrogen-bond donors (Lipinski definition) is 2. The smallest absolute Gasteiger partial charge is 0.273 e. The number of aromatic nitrogens is 1.